The number of benzene rings is 4. The Morgan fingerprint density at radius 1 is 0.844 bits per heavy atom. The third-order valence-corrected chi connectivity index (χ3v) is 5.33. The number of hydrogen-bond acceptors (Lipinski definition) is 3. The summed E-state index contributed by atoms with van der Waals surface area (Å²) in [5.74, 6) is 0.0483. The largest absolute Gasteiger partial charge is 0.481 e. The lowest BCUT2D eigenvalue weighted by molar-refractivity contribution is -0.136. The quantitative estimate of drug-likeness (QED) is 0.399. The van der Waals surface area contributed by atoms with E-state index in [1.807, 2.05) is 72.8 Å². The molecule has 0 atom stereocenters. The monoisotopic (exact) mass is 425 g/mol. The highest BCUT2D eigenvalue weighted by atomic mass is 16.5. The Hall–Kier alpha value is -4.12. The number of rotatable bonds is 7. The number of carboxylic acid groups (broad SMARTS) is 1. The zero-order valence-corrected chi connectivity index (χ0v) is 17.7. The molecule has 0 aromatic heterocycles. The predicted octanol–water partition coefficient (Wildman–Crippen LogP) is 5.93. The van der Waals surface area contributed by atoms with E-state index in [1.165, 1.54) is 0 Å². The Balaban J connectivity index is 1.71. The van der Waals surface area contributed by atoms with E-state index < -0.39 is 5.97 Å². The second-order valence-electron chi connectivity index (χ2n) is 7.49. The number of carboxylic acids is 1. The molecule has 0 aliphatic rings. The van der Waals surface area contributed by atoms with E-state index in [-0.39, 0.29) is 18.7 Å². The van der Waals surface area contributed by atoms with Crippen molar-refractivity contribution in [2.75, 3.05) is 11.9 Å². The van der Waals surface area contributed by atoms with E-state index in [0.29, 0.717) is 22.6 Å². The van der Waals surface area contributed by atoms with E-state index in [2.05, 4.69) is 0 Å². The standard InChI is InChI=1S/C27H23NO4/c1-28(25-13-7-9-19-8-5-6-12-23(19)25)27(31)24-18-22(32-21-10-3-2-4-11-21)16-14-20(24)15-17-26(29)30/h2-14,16,18H,15,17H2,1H3,(H,29,30). The van der Waals surface area contributed by atoms with Gasteiger partial charge in [-0.2, -0.15) is 0 Å². The molecule has 160 valence electrons. The molecule has 32 heavy (non-hydrogen) atoms. The van der Waals surface area contributed by atoms with Crippen LogP contribution in [0.1, 0.15) is 22.3 Å². The van der Waals surface area contributed by atoms with Gasteiger partial charge in [-0.25, -0.2) is 0 Å². The molecule has 0 aliphatic carbocycles. The van der Waals surface area contributed by atoms with Gasteiger partial charge in [0.1, 0.15) is 11.5 Å². The van der Waals surface area contributed by atoms with Gasteiger partial charge in [0.15, 0.2) is 0 Å². The number of aliphatic carboxylic acids is 1. The summed E-state index contributed by atoms with van der Waals surface area (Å²) in [4.78, 5) is 26.3. The van der Waals surface area contributed by atoms with Gasteiger partial charge in [-0.15, -0.1) is 0 Å². The first-order valence-corrected chi connectivity index (χ1v) is 10.4. The number of anilines is 1. The van der Waals surface area contributed by atoms with Crippen LogP contribution in [0, 0.1) is 0 Å². The lowest BCUT2D eigenvalue weighted by atomic mass is 10.0. The average Bonchev–Trinajstić information content (AvgIpc) is 2.82. The van der Waals surface area contributed by atoms with E-state index in [4.69, 9.17) is 9.84 Å². The molecular weight excluding hydrogens is 402 g/mol. The number of ether oxygens (including phenoxy) is 1. The normalized spacial score (nSPS) is 10.7. The van der Waals surface area contributed by atoms with Crippen molar-refractivity contribution in [1.29, 1.82) is 0 Å². The molecule has 0 heterocycles. The van der Waals surface area contributed by atoms with E-state index in [0.717, 1.165) is 16.5 Å². The molecule has 4 aromatic rings. The highest BCUT2D eigenvalue weighted by molar-refractivity contribution is 6.11. The van der Waals surface area contributed by atoms with Crippen LogP contribution in [0.4, 0.5) is 5.69 Å². The van der Waals surface area contributed by atoms with E-state index in [1.54, 1.807) is 30.1 Å². The van der Waals surface area contributed by atoms with Gasteiger partial charge in [0, 0.05) is 24.4 Å². The maximum absolute atomic E-state index is 13.6. The van der Waals surface area contributed by atoms with Gasteiger partial charge in [-0.05, 0) is 47.7 Å². The van der Waals surface area contributed by atoms with Crippen LogP contribution < -0.4 is 9.64 Å². The Kier molecular flexibility index (Phi) is 6.17. The smallest absolute Gasteiger partial charge is 0.303 e. The first-order chi connectivity index (χ1) is 15.5. The number of nitrogens with zero attached hydrogens (tertiary/aromatic N) is 1. The van der Waals surface area contributed by atoms with E-state index >= 15 is 0 Å². The molecule has 0 aliphatic heterocycles. The second kappa shape index (κ2) is 9.35. The maximum atomic E-state index is 13.6. The van der Waals surface area contributed by atoms with Gasteiger partial charge in [-0.1, -0.05) is 60.7 Å². The highest BCUT2D eigenvalue weighted by Gasteiger charge is 2.20. The molecule has 0 saturated heterocycles. The van der Waals surface area contributed by atoms with Crippen LogP contribution in [-0.2, 0) is 11.2 Å². The molecule has 5 heteroatoms. The molecule has 0 spiro atoms. The minimum atomic E-state index is -0.907. The molecule has 4 aromatic carbocycles. The summed E-state index contributed by atoms with van der Waals surface area (Å²) in [7, 11) is 1.73. The molecule has 0 fully saturated rings. The summed E-state index contributed by atoms with van der Waals surface area (Å²) in [5, 5.41) is 11.1. The summed E-state index contributed by atoms with van der Waals surface area (Å²) < 4.78 is 5.92. The van der Waals surface area contributed by atoms with Crippen molar-refractivity contribution < 1.29 is 19.4 Å². The number of fused-ring (bicyclic) bond motifs is 1. The minimum absolute atomic E-state index is 0.0584. The lowest BCUT2D eigenvalue weighted by Crippen LogP contribution is -2.27. The van der Waals surface area contributed by atoms with Crippen molar-refractivity contribution in [1.82, 2.24) is 0 Å². The van der Waals surface area contributed by atoms with Crippen molar-refractivity contribution in [3.05, 3.63) is 102 Å². The van der Waals surface area contributed by atoms with Gasteiger partial charge in [0.25, 0.3) is 5.91 Å². The van der Waals surface area contributed by atoms with Crippen molar-refractivity contribution in [3.8, 4) is 11.5 Å². The Morgan fingerprint density at radius 3 is 2.34 bits per heavy atom. The highest BCUT2D eigenvalue weighted by Crippen LogP contribution is 2.30. The zero-order valence-electron chi connectivity index (χ0n) is 17.7. The summed E-state index contributed by atoms with van der Waals surface area (Å²) in [6.45, 7) is 0. The van der Waals surface area contributed by atoms with Crippen LogP contribution >= 0.6 is 0 Å². The van der Waals surface area contributed by atoms with Gasteiger partial charge >= 0.3 is 5.97 Å². The fourth-order valence-electron chi connectivity index (χ4n) is 3.69. The van der Waals surface area contributed by atoms with Crippen LogP contribution in [0.25, 0.3) is 10.8 Å². The van der Waals surface area contributed by atoms with Gasteiger partial charge < -0.3 is 14.7 Å². The topological polar surface area (TPSA) is 66.8 Å². The number of aryl methyl sites for hydroxylation is 1. The van der Waals surface area contributed by atoms with Crippen molar-refractivity contribution in [2.24, 2.45) is 0 Å². The first kappa shape index (κ1) is 21.1. The van der Waals surface area contributed by atoms with Crippen LogP contribution in [0.3, 0.4) is 0 Å². The van der Waals surface area contributed by atoms with E-state index in [9.17, 15) is 9.59 Å². The molecule has 1 N–H and O–H groups in total. The number of para-hydroxylation sites is 1. The Morgan fingerprint density at radius 2 is 1.56 bits per heavy atom. The third-order valence-electron chi connectivity index (χ3n) is 5.33. The molecule has 0 bridgehead atoms. The molecule has 0 radical (unpaired) electrons. The molecule has 5 nitrogen and oxygen atoms in total. The van der Waals surface area contributed by atoms with Crippen molar-refractivity contribution in [2.45, 2.75) is 12.8 Å². The average molecular weight is 425 g/mol. The number of amides is 1. The summed E-state index contributed by atoms with van der Waals surface area (Å²) in [6, 6.07) is 28.2. The molecular formula is C27H23NO4. The first-order valence-electron chi connectivity index (χ1n) is 10.4. The predicted molar refractivity (Wildman–Crippen MR) is 126 cm³/mol. The van der Waals surface area contributed by atoms with Crippen LogP contribution in [0.2, 0.25) is 0 Å². The summed E-state index contributed by atoms with van der Waals surface area (Å²) >= 11 is 0. The number of hydrogen-bond donors (Lipinski definition) is 1. The Labute approximate surface area is 186 Å². The third kappa shape index (κ3) is 4.62. The molecule has 0 saturated carbocycles. The van der Waals surface area contributed by atoms with Crippen molar-refractivity contribution >= 4 is 28.3 Å². The summed E-state index contributed by atoms with van der Waals surface area (Å²) in [6.07, 6.45) is 0.197. The van der Waals surface area contributed by atoms with Crippen LogP contribution in [0.5, 0.6) is 11.5 Å². The lowest BCUT2D eigenvalue weighted by Gasteiger charge is -2.21. The van der Waals surface area contributed by atoms with Crippen molar-refractivity contribution in [3.63, 3.8) is 0 Å². The SMILES string of the molecule is CN(C(=O)c1cc(Oc2ccccc2)ccc1CCC(=O)O)c1cccc2ccccc12. The van der Waals surface area contributed by atoms with Gasteiger partial charge in [0.05, 0.1) is 5.69 Å². The molecule has 4 rings (SSSR count). The van der Waals surface area contributed by atoms with Gasteiger partial charge in [0.2, 0.25) is 0 Å². The second-order valence-corrected chi connectivity index (χ2v) is 7.49. The zero-order chi connectivity index (χ0) is 22.5. The number of carbonyl (C=O) groups is 2. The Bertz CT molecular complexity index is 1260. The fourth-order valence-corrected chi connectivity index (χ4v) is 3.69. The minimum Gasteiger partial charge on any atom is -0.481 e. The molecule has 0 unspecified atom stereocenters. The summed E-state index contributed by atoms with van der Waals surface area (Å²) in [5.41, 5.74) is 1.88. The van der Waals surface area contributed by atoms with Crippen LogP contribution in [-0.4, -0.2) is 24.0 Å². The van der Waals surface area contributed by atoms with Gasteiger partial charge in [-0.3, -0.25) is 9.59 Å². The maximum Gasteiger partial charge on any atom is 0.303 e. The molecule has 1 amide bonds. The number of carbonyl (C=O) groups excluding carboxylic acids is 1. The van der Waals surface area contributed by atoms with Crippen LogP contribution in [0.15, 0.2) is 91.0 Å². The fraction of sp³-hybridized carbons (Fsp3) is 0.111.